The quantitative estimate of drug-likeness (QED) is 0.197. The molecule has 0 saturated heterocycles. The van der Waals surface area contributed by atoms with Crippen LogP contribution in [0.25, 0.3) is 93.4 Å². The molecule has 0 spiro atoms. The lowest BCUT2D eigenvalue weighted by atomic mass is 9.98. The third kappa shape index (κ3) is 3.22. The van der Waals surface area contributed by atoms with E-state index >= 15 is 0 Å². The molecule has 204 valence electrons. The van der Waals surface area contributed by atoms with Crippen molar-refractivity contribution in [1.29, 1.82) is 0 Å². The summed E-state index contributed by atoms with van der Waals surface area (Å²) in [5.74, 6) is 0.661. The van der Waals surface area contributed by atoms with Crippen molar-refractivity contribution in [2.45, 2.75) is 0 Å². The second-order valence-corrected chi connectivity index (χ2v) is 11.4. The SMILES string of the molecule is c1ccc(-c2nc(-n3c4ccccc4c4ccc5c6cc7oc8ccccc8c7cc6ccc5c43)nc3ccccc23)cc1. The zero-order valence-corrected chi connectivity index (χ0v) is 23.5. The van der Waals surface area contributed by atoms with E-state index in [0.29, 0.717) is 5.95 Å². The largest absolute Gasteiger partial charge is 0.456 e. The highest BCUT2D eigenvalue weighted by Gasteiger charge is 2.20. The molecule has 0 radical (unpaired) electrons. The maximum absolute atomic E-state index is 6.31. The fraction of sp³-hybridized carbons (Fsp3) is 0. The molecule has 0 atom stereocenters. The van der Waals surface area contributed by atoms with Crippen LogP contribution in [0.5, 0.6) is 0 Å². The van der Waals surface area contributed by atoms with E-state index in [1.54, 1.807) is 0 Å². The van der Waals surface area contributed by atoms with Crippen molar-refractivity contribution < 1.29 is 4.42 Å². The lowest BCUT2D eigenvalue weighted by Crippen LogP contribution is -2.03. The molecule has 0 aliphatic rings. The Hall–Kier alpha value is -6.00. The van der Waals surface area contributed by atoms with Crippen molar-refractivity contribution >= 4 is 76.2 Å². The van der Waals surface area contributed by atoms with Crippen molar-refractivity contribution in [2.75, 3.05) is 0 Å². The van der Waals surface area contributed by atoms with Gasteiger partial charge in [0.1, 0.15) is 11.2 Å². The van der Waals surface area contributed by atoms with E-state index in [1.165, 1.54) is 21.5 Å². The van der Waals surface area contributed by atoms with Crippen molar-refractivity contribution in [3.8, 4) is 17.2 Å². The van der Waals surface area contributed by atoms with Crippen molar-refractivity contribution in [1.82, 2.24) is 14.5 Å². The van der Waals surface area contributed by atoms with Gasteiger partial charge in [-0.1, -0.05) is 109 Å². The monoisotopic (exact) mass is 561 g/mol. The minimum Gasteiger partial charge on any atom is -0.456 e. The number of benzene rings is 7. The summed E-state index contributed by atoms with van der Waals surface area (Å²) < 4.78 is 8.56. The summed E-state index contributed by atoms with van der Waals surface area (Å²) in [6.07, 6.45) is 0. The lowest BCUT2D eigenvalue weighted by molar-refractivity contribution is 0.669. The fourth-order valence-corrected chi connectivity index (χ4v) is 7.01. The smallest absolute Gasteiger partial charge is 0.235 e. The van der Waals surface area contributed by atoms with Gasteiger partial charge in [-0.05, 0) is 46.5 Å². The number of nitrogens with zero attached hydrogens (tertiary/aromatic N) is 3. The van der Waals surface area contributed by atoms with E-state index in [2.05, 4.69) is 120 Å². The normalized spacial score (nSPS) is 12.1. The Kier molecular flexibility index (Phi) is 4.69. The van der Waals surface area contributed by atoms with Gasteiger partial charge in [0.25, 0.3) is 0 Å². The average molecular weight is 562 g/mol. The molecule has 4 heteroatoms. The van der Waals surface area contributed by atoms with E-state index in [-0.39, 0.29) is 0 Å². The summed E-state index contributed by atoms with van der Waals surface area (Å²) in [7, 11) is 0. The van der Waals surface area contributed by atoms with E-state index < -0.39 is 0 Å². The third-order valence-electron chi connectivity index (χ3n) is 8.98. The molecule has 0 bridgehead atoms. The van der Waals surface area contributed by atoms with Gasteiger partial charge in [-0.3, -0.25) is 4.57 Å². The third-order valence-corrected chi connectivity index (χ3v) is 8.98. The van der Waals surface area contributed by atoms with Gasteiger partial charge in [0.2, 0.25) is 5.95 Å². The van der Waals surface area contributed by atoms with Crippen LogP contribution in [0.2, 0.25) is 0 Å². The second-order valence-electron chi connectivity index (χ2n) is 11.4. The highest BCUT2D eigenvalue weighted by Crippen LogP contribution is 2.41. The van der Waals surface area contributed by atoms with Gasteiger partial charge >= 0.3 is 0 Å². The minimum absolute atomic E-state index is 0.661. The number of hydrogen-bond donors (Lipinski definition) is 0. The lowest BCUT2D eigenvalue weighted by Gasteiger charge is -2.13. The van der Waals surface area contributed by atoms with Crippen LogP contribution in [-0.4, -0.2) is 14.5 Å². The molecule has 0 saturated carbocycles. The van der Waals surface area contributed by atoms with E-state index in [1.807, 2.05) is 24.3 Å². The van der Waals surface area contributed by atoms with Crippen LogP contribution >= 0.6 is 0 Å². The Labute approximate surface area is 251 Å². The topological polar surface area (TPSA) is 43.9 Å². The van der Waals surface area contributed by atoms with E-state index in [0.717, 1.165) is 65.9 Å². The Balaban J connectivity index is 1.34. The number of para-hydroxylation sites is 3. The summed E-state index contributed by atoms with van der Waals surface area (Å²) in [4.78, 5) is 10.5. The summed E-state index contributed by atoms with van der Waals surface area (Å²) >= 11 is 0. The number of aromatic nitrogens is 3. The van der Waals surface area contributed by atoms with Crippen LogP contribution in [0.3, 0.4) is 0 Å². The number of hydrogen-bond acceptors (Lipinski definition) is 3. The predicted octanol–water partition coefficient (Wildman–Crippen LogP) is 10.6. The molecule has 7 aromatic carbocycles. The summed E-state index contributed by atoms with van der Waals surface area (Å²) in [6, 6.07) is 48.9. The van der Waals surface area contributed by atoms with Gasteiger partial charge in [0.05, 0.1) is 22.2 Å². The first-order valence-electron chi connectivity index (χ1n) is 14.8. The molecule has 10 rings (SSSR count). The standard InChI is InChI=1S/C40H23N3O/c1-2-10-24(11-3-1)38-31-14-4-7-15-34(31)41-40(42-38)43-35-16-8-5-12-27(35)30-21-20-26-29(39(30)43)19-18-25-22-33-28-13-6-9-17-36(28)44-37(33)23-32(25)26/h1-23H. The van der Waals surface area contributed by atoms with Crippen molar-refractivity contribution in [2.24, 2.45) is 0 Å². The van der Waals surface area contributed by atoms with Crippen LogP contribution in [0.4, 0.5) is 0 Å². The van der Waals surface area contributed by atoms with Crippen LogP contribution in [-0.2, 0) is 0 Å². The number of furan rings is 1. The molecule has 0 aliphatic carbocycles. The van der Waals surface area contributed by atoms with Gasteiger partial charge in [-0.2, -0.15) is 0 Å². The van der Waals surface area contributed by atoms with Gasteiger partial charge in [0.15, 0.2) is 0 Å². The summed E-state index contributed by atoms with van der Waals surface area (Å²) in [5.41, 5.74) is 6.90. The second kappa shape index (κ2) is 8.76. The molecule has 0 aliphatic heterocycles. The Morgan fingerprint density at radius 2 is 1.16 bits per heavy atom. The van der Waals surface area contributed by atoms with Crippen LogP contribution in [0.15, 0.2) is 144 Å². The Bertz CT molecular complexity index is 2770. The fourth-order valence-electron chi connectivity index (χ4n) is 7.01. The molecule has 3 heterocycles. The predicted molar refractivity (Wildman–Crippen MR) is 182 cm³/mol. The van der Waals surface area contributed by atoms with Crippen molar-refractivity contribution in [3.63, 3.8) is 0 Å². The molecule has 0 N–H and O–H groups in total. The van der Waals surface area contributed by atoms with Crippen LogP contribution in [0, 0.1) is 0 Å². The molecule has 10 aromatic rings. The molecule has 3 aromatic heterocycles. The van der Waals surface area contributed by atoms with Gasteiger partial charge in [-0.15, -0.1) is 0 Å². The first kappa shape index (κ1) is 23.6. The Morgan fingerprint density at radius 1 is 0.455 bits per heavy atom. The number of rotatable bonds is 2. The number of fused-ring (bicyclic) bond motifs is 11. The molecular weight excluding hydrogens is 538 g/mol. The molecular formula is C40H23N3O. The van der Waals surface area contributed by atoms with Gasteiger partial charge < -0.3 is 4.42 Å². The maximum atomic E-state index is 6.31. The molecule has 0 amide bonds. The summed E-state index contributed by atoms with van der Waals surface area (Å²) in [5, 5.41) is 10.3. The van der Waals surface area contributed by atoms with Crippen molar-refractivity contribution in [3.05, 3.63) is 140 Å². The molecule has 0 fully saturated rings. The highest BCUT2D eigenvalue weighted by molar-refractivity contribution is 6.24. The maximum Gasteiger partial charge on any atom is 0.235 e. The van der Waals surface area contributed by atoms with Gasteiger partial charge in [-0.25, -0.2) is 9.97 Å². The first-order valence-corrected chi connectivity index (χ1v) is 14.8. The minimum atomic E-state index is 0.661. The van der Waals surface area contributed by atoms with Crippen LogP contribution in [0.1, 0.15) is 0 Å². The zero-order valence-electron chi connectivity index (χ0n) is 23.5. The highest BCUT2D eigenvalue weighted by atomic mass is 16.3. The molecule has 0 unspecified atom stereocenters. The molecule has 4 nitrogen and oxygen atoms in total. The van der Waals surface area contributed by atoms with Crippen LogP contribution < -0.4 is 0 Å². The average Bonchev–Trinajstić information content (AvgIpc) is 3.62. The van der Waals surface area contributed by atoms with E-state index in [9.17, 15) is 0 Å². The van der Waals surface area contributed by atoms with E-state index in [4.69, 9.17) is 14.4 Å². The summed E-state index contributed by atoms with van der Waals surface area (Å²) in [6.45, 7) is 0. The van der Waals surface area contributed by atoms with Gasteiger partial charge in [0, 0.05) is 37.9 Å². The zero-order chi connectivity index (χ0) is 28.8. The molecule has 44 heavy (non-hydrogen) atoms. The Morgan fingerprint density at radius 3 is 2.07 bits per heavy atom. The first-order chi connectivity index (χ1) is 21.8.